The molecule has 0 amide bonds. The number of hydrogen-bond donors (Lipinski definition) is 1. The third-order valence-electron chi connectivity index (χ3n) is 3.47. The molecule has 0 aliphatic rings. The Labute approximate surface area is 124 Å². The summed E-state index contributed by atoms with van der Waals surface area (Å²) in [6.45, 7) is 4.07. The molecule has 0 radical (unpaired) electrons. The first-order valence-corrected chi connectivity index (χ1v) is 7.75. The van der Waals surface area contributed by atoms with Crippen LogP contribution in [0.2, 0.25) is 0 Å². The van der Waals surface area contributed by atoms with Gasteiger partial charge < -0.3 is 10.2 Å². The van der Waals surface area contributed by atoms with Crippen molar-refractivity contribution in [2.45, 2.75) is 19.4 Å². The van der Waals surface area contributed by atoms with Gasteiger partial charge in [-0.1, -0.05) is 6.07 Å². The number of thiophene rings is 1. The van der Waals surface area contributed by atoms with Crippen LogP contribution in [0.3, 0.4) is 0 Å². The number of rotatable bonds is 7. The topological polar surface area (TPSA) is 15.3 Å². The van der Waals surface area contributed by atoms with E-state index in [1.54, 1.807) is 12.1 Å². The van der Waals surface area contributed by atoms with E-state index >= 15 is 0 Å². The molecule has 1 aromatic heterocycles. The van der Waals surface area contributed by atoms with Gasteiger partial charge in [0.2, 0.25) is 0 Å². The minimum Gasteiger partial charge on any atom is -0.384 e. The Morgan fingerprint density at radius 1 is 1.25 bits per heavy atom. The molecule has 1 atom stereocenters. The molecule has 1 heterocycles. The van der Waals surface area contributed by atoms with Gasteiger partial charge in [0.1, 0.15) is 5.82 Å². The van der Waals surface area contributed by atoms with Crippen molar-refractivity contribution >= 4 is 17.0 Å². The van der Waals surface area contributed by atoms with Crippen LogP contribution in [0.5, 0.6) is 0 Å². The van der Waals surface area contributed by atoms with Gasteiger partial charge >= 0.3 is 0 Å². The van der Waals surface area contributed by atoms with Crippen molar-refractivity contribution in [3.63, 3.8) is 0 Å². The molecule has 1 unspecified atom stereocenters. The first kappa shape index (κ1) is 15.0. The van der Waals surface area contributed by atoms with Gasteiger partial charge in [-0.25, -0.2) is 4.39 Å². The molecule has 1 aromatic carbocycles. The fourth-order valence-corrected chi connectivity index (χ4v) is 2.87. The van der Waals surface area contributed by atoms with Crippen LogP contribution in [0.15, 0.2) is 41.8 Å². The highest BCUT2D eigenvalue weighted by Crippen LogP contribution is 2.13. The second kappa shape index (κ2) is 7.41. The molecule has 2 nitrogen and oxygen atoms in total. The molecule has 2 rings (SSSR count). The van der Waals surface area contributed by atoms with Crippen molar-refractivity contribution in [3.8, 4) is 0 Å². The van der Waals surface area contributed by atoms with Crippen LogP contribution in [-0.4, -0.2) is 31.1 Å². The number of nitrogens with zero attached hydrogens (tertiary/aromatic N) is 1. The Bertz CT molecular complexity index is 496. The predicted octanol–water partition coefficient (Wildman–Crippen LogP) is 3.86. The molecule has 108 valence electrons. The average Bonchev–Trinajstić information content (AvgIpc) is 2.93. The number of hydrogen-bond acceptors (Lipinski definition) is 3. The van der Waals surface area contributed by atoms with Gasteiger partial charge in [-0.05, 0) is 56.1 Å². The lowest BCUT2D eigenvalue weighted by atomic mass is 10.2. The summed E-state index contributed by atoms with van der Waals surface area (Å²) in [5, 5.41) is 5.43. The summed E-state index contributed by atoms with van der Waals surface area (Å²) in [4.78, 5) is 3.77. The van der Waals surface area contributed by atoms with Crippen molar-refractivity contribution in [1.29, 1.82) is 0 Å². The molecule has 0 bridgehead atoms. The van der Waals surface area contributed by atoms with E-state index in [0.717, 1.165) is 25.2 Å². The number of benzene rings is 1. The van der Waals surface area contributed by atoms with E-state index in [1.807, 2.05) is 11.3 Å². The van der Waals surface area contributed by atoms with Crippen LogP contribution in [0.25, 0.3) is 0 Å². The van der Waals surface area contributed by atoms with Crippen molar-refractivity contribution in [2.75, 3.05) is 25.5 Å². The van der Waals surface area contributed by atoms with E-state index in [4.69, 9.17) is 0 Å². The summed E-state index contributed by atoms with van der Waals surface area (Å²) in [6, 6.07) is 11.3. The number of nitrogens with one attached hydrogen (secondary N) is 1. The summed E-state index contributed by atoms with van der Waals surface area (Å²) >= 11 is 1.81. The number of likely N-dealkylation sites (N-methyl/N-ethyl adjacent to an activating group) is 1. The smallest absolute Gasteiger partial charge is 0.123 e. The predicted molar refractivity (Wildman–Crippen MR) is 85.0 cm³/mol. The van der Waals surface area contributed by atoms with Gasteiger partial charge in [0.25, 0.3) is 0 Å². The van der Waals surface area contributed by atoms with Crippen LogP contribution in [0, 0.1) is 5.82 Å². The molecule has 20 heavy (non-hydrogen) atoms. The van der Waals surface area contributed by atoms with E-state index in [1.165, 1.54) is 17.0 Å². The number of halogens is 1. The Hall–Kier alpha value is -1.39. The quantitative estimate of drug-likeness (QED) is 0.833. The van der Waals surface area contributed by atoms with Crippen LogP contribution in [-0.2, 0) is 6.42 Å². The zero-order chi connectivity index (χ0) is 14.4. The van der Waals surface area contributed by atoms with Gasteiger partial charge in [-0.15, -0.1) is 11.3 Å². The highest BCUT2D eigenvalue weighted by atomic mass is 32.1. The monoisotopic (exact) mass is 292 g/mol. The van der Waals surface area contributed by atoms with Crippen LogP contribution >= 0.6 is 11.3 Å². The average molecular weight is 292 g/mol. The van der Waals surface area contributed by atoms with E-state index in [0.29, 0.717) is 6.04 Å². The van der Waals surface area contributed by atoms with E-state index < -0.39 is 0 Å². The molecular weight excluding hydrogens is 271 g/mol. The zero-order valence-corrected chi connectivity index (χ0v) is 12.8. The molecule has 0 aliphatic carbocycles. The van der Waals surface area contributed by atoms with Crippen molar-refractivity contribution in [3.05, 3.63) is 52.5 Å². The lowest BCUT2D eigenvalue weighted by molar-refractivity contribution is 0.267. The molecule has 0 aliphatic heterocycles. The molecule has 0 fully saturated rings. The fourth-order valence-electron chi connectivity index (χ4n) is 2.04. The van der Waals surface area contributed by atoms with Crippen molar-refractivity contribution in [1.82, 2.24) is 4.90 Å². The van der Waals surface area contributed by atoms with E-state index in [2.05, 4.69) is 41.7 Å². The fraction of sp³-hybridized carbons (Fsp3) is 0.375. The molecule has 0 spiro atoms. The maximum absolute atomic E-state index is 12.8. The third kappa shape index (κ3) is 4.62. The zero-order valence-electron chi connectivity index (χ0n) is 12.0. The summed E-state index contributed by atoms with van der Waals surface area (Å²) < 4.78 is 12.8. The van der Waals surface area contributed by atoms with Crippen molar-refractivity contribution < 1.29 is 4.39 Å². The van der Waals surface area contributed by atoms with Gasteiger partial charge in [-0.2, -0.15) is 0 Å². The molecule has 0 saturated heterocycles. The second-order valence-corrected chi connectivity index (χ2v) is 6.08. The molecule has 0 saturated carbocycles. The highest BCUT2D eigenvalue weighted by molar-refractivity contribution is 7.09. The van der Waals surface area contributed by atoms with Gasteiger partial charge in [0.05, 0.1) is 0 Å². The normalized spacial score (nSPS) is 12.6. The highest BCUT2D eigenvalue weighted by Gasteiger charge is 2.10. The Balaban J connectivity index is 1.71. The maximum atomic E-state index is 12.8. The summed E-state index contributed by atoms with van der Waals surface area (Å²) in [7, 11) is 2.14. The third-order valence-corrected chi connectivity index (χ3v) is 4.37. The first-order valence-electron chi connectivity index (χ1n) is 6.87. The largest absolute Gasteiger partial charge is 0.384 e. The summed E-state index contributed by atoms with van der Waals surface area (Å²) in [5.74, 6) is -0.197. The van der Waals surface area contributed by atoms with Gasteiger partial charge in [-0.3, -0.25) is 0 Å². The molecular formula is C16H21FN2S. The summed E-state index contributed by atoms with van der Waals surface area (Å²) in [6.07, 6.45) is 1.09. The Kier molecular flexibility index (Phi) is 5.56. The maximum Gasteiger partial charge on any atom is 0.123 e. The van der Waals surface area contributed by atoms with Crippen LogP contribution in [0.1, 0.15) is 11.8 Å². The Morgan fingerprint density at radius 2 is 2.00 bits per heavy atom. The minimum absolute atomic E-state index is 0.197. The molecule has 2 aromatic rings. The molecule has 4 heteroatoms. The van der Waals surface area contributed by atoms with Gasteiger partial charge in [0.15, 0.2) is 0 Å². The van der Waals surface area contributed by atoms with Gasteiger partial charge in [0, 0.05) is 29.7 Å². The van der Waals surface area contributed by atoms with E-state index in [-0.39, 0.29) is 5.82 Å². The Morgan fingerprint density at radius 3 is 2.65 bits per heavy atom. The van der Waals surface area contributed by atoms with E-state index in [9.17, 15) is 4.39 Å². The number of anilines is 1. The standard InChI is InChI=1S/C16H21FN2S/c1-13(12-16-4-3-11-20-16)19(2)10-9-18-15-7-5-14(17)6-8-15/h3-8,11,13,18H,9-10,12H2,1-2H3. The lowest BCUT2D eigenvalue weighted by Crippen LogP contribution is -2.34. The van der Waals surface area contributed by atoms with Crippen molar-refractivity contribution in [2.24, 2.45) is 0 Å². The first-order chi connectivity index (χ1) is 9.65. The molecule has 1 N–H and O–H groups in total. The summed E-state index contributed by atoms with van der Waals surface area (Å²) in [5.41, 5.74) is 0.964. The SMILES string of the molecule is CC(Cc1cccs1)N(C)CCNc1ccc(F)cc1. The second-order valence-electron chi connectivity index (χ2n) is 5.05. The van der Waals surface area contributed by atoms with Crippen LogP contribution < -0.4 is 5.32 Å². The minimum atomic E-state index is -0.197. The lowest BCUT2D eigenvalue weighted by Gasteiger charge is -2.24. The van der Waals surface area contributed by atoms with Crippen LogP contribution in [0.4, 0.5) is 10.1 Å².